The van der Waals surface area contributed by atoms with Crippen LogP contribution in [0.1, 0.15) is 62.3 Å². The van der Waals surface area contributed by atoms with E-state index in [0.717, 1.165) is 5.52 Å². The Morgan fingerprint density at radius 1 is 1.32 bits per heavy atom. The van der Waals surface area contributed by atoms with Crippen LogP contribution in [0.25, 0.3) is 11.0 Å². The number of nitrogens with two attached hydrogens (primary N) is 1. The Labute approximate surface area is 114 Å². The molecule has 1 heterocycles. The van der Waals surface area contributed by atoms with E-state index in [-0.39, 0.29) is 0 Å². The summed E-state index contributed by atoms with van der Waals surface area (Å²) < 4.78 is 0. The molecule has 1 unspecified atom stereocenters. The molecule has 1 atom stereocenters. The zero-order valence-electron chi connectivity index (χ0n) is 11.7. The van der Waals surface area contributed by atoms with Crippen molar-refractivity contribution in [3.63, 3.8) is 0 Å². The molecule has 1 saturated carbocycles. The van der Waals surface area contributed by atoms with Crippen LogP contribution in [0.4, 0.5) is 0 Å². The maximum Gasteiger partial charge on any atom is 0.110 e. The summed E-state index contributed by atoms with van der Waals surface area (Å²) >= 11 is 0. The van der Waals surface area contributed by atoms with E-state index in [9.17, 15) is 0 Å². The molecule has 0 spiro atoms. The standard InChI is InChI=1S/C16H23N3/c1-11(10-17)13-7-8-14-15(9-13)19-16(18-14)12-5-3-2-4-6-12/h7-9,11-12H,2-6,10,17H2,1H3,(H,18,19). The SMILES string of the molecule is CC(CN)c1ccc2nc(C3CCCCC3)[nH]c2c1. The van der Waals surface area contributed by atoms with Crippen LogP contribution in [0.15, 0.2) is 18.2 Å². The topological polar surface area (TPSA) is 54.7 Å². The van der Waals surface area contributed by atoms with Gasteiger partial charge < -0.3 is 10.7 Å². The highest BCUT2D eigenvalue weighted by Crippen LogP contribution is 2.32. The molecule has 3 nitrogen and oxygen atoms in total. The van der Waals surface area contributed by atoms with Gasteiger partial charge in [0.05, 0.1) is 11.0 Å². The average molecular weight is 257 g/mol. The Morgan fingerprint density at radius 3 is 2.84 bits per heavy atom. The van der Waals surface area contributed by atoms with Crippen molar-refractivity contribution in [1.29, 1.82) is 0 Å². The fourth-order valence-electron chi connectivity index (χ4n) is 3.06. The lowest BCUT2D eigenvalue weighted by Crippen LogP contribution is -2.08. The minimum Gasteiger partial charge on any atom is -0.342 e. The zero-order valence-corrected chi connectivity index (χ0v) is 11.7. The minimum atomic E-state index is 0.408. The lowest BCUT2D eigenvalue weighted by atomic mass is 9.89. The summed E-state index contributed by atoms with van der Waals surface area (Å²) in [5.74, 6) is 2.23. The molecule has 1 aliphatic carbocycles. The van der Waals surface area contributed by atoms with Crippen LogP contribution in [0.5, 0.6) is 0 Å². The molecule has 1 fully saturated rings. The molecule has 3 N–H and O–H groups in total. The average Bonchev–Trinajstić information content (AvgIpc) is 2.90. The predicted molar refractivity (Wildman–Crippen MR) is 79.4 cm³/mol. The third-order valence-electron chi connectivity index (χ3n) is 4.44. The van der Waals surface area contributed by atoms with Crippen molar-refractivity contribution in [2.75, 3.05) is 6.54 Å². The van der Waals surface area contributed by atoms with Gasteiger partial charge in [0.1, 0.15) is 5.82 Å². The lowest BCUT2D eigenvalue weighted by Gasteiger charge is -2.18. The third-order valence-corrected chi connectivity index (χ3v) is 4.44. The Morgan fingerprint density at radius 2 is 2.11 bits per heavy atom. The first-order valence-electron chi connectivity index (χ1n) is 7.47. The second-order valence-corrected chi connectivity index (χ2v) is 5.87. The number of imidazole rings is 1. The highest BCUT2D eigenvalue weighted by Gasteiger charge is 2.19. The van der Waals surface area contributed by atoms with E-state index in [1.54, 1.807) is 0 Å². The molecular weight excluding hydrogens is 234 g/mol. The summed E-state index contributed by atoms with van der Waals surface area (Å²) in [6.07, 6.45) is 6.64. The van der Waals surface area contributed by atoms with Gasteiger partial charge in [-0.2, -0.15) is 0 Å². The van der Waals surface area contributed by atoms with Gasteiger partial charge in [-0.1, -0.05) is 32.3 Å². The highest BCUT2D eigenvalue weighted by molar-refractivity contribution is 5.76. The number of nitrogens with one attached hydrogen (secondary N) is 1. The van der Waals surface area contributed by atoms with Gasteiger partial charge in [0.2, 0.25) is 0 Å². The van der Waals surface area contributed by atoms with E-state index in [1.165, 1.54) is 49.0 Å². The van der Waals surface area contributed by atoms with Crippen molar-refractivity contribution < 1.29 is 0 Å². The van der Waals surface area contributed by atoms with Gasteiger partial charge in [0.15, 0.2) is 0 Å². The largest absolute Gasteiger partial charge is 0.342 e. The summed E-state index contributed by atoms with van der Waals surface area (Å²) in [4.78, 5) is 8.31. The molecule has 2 aromatic rings. The van der Waals surface area contributed by atoms with Crippen molar-refractivity contribution in [3.8, 4) is 0 Å². The molecular formula is C16H23N3. The van der Waals surface area contributed by atoms with E-state index >= 15 is 0 Å². The van der Waals surface area contributed by atoms with E-state index in [4.69, 9.17) is 10.7 Å². The van der Waals surface area contributed by atoms with Gasteiger partial charge in [-0.25, -0.2) is 4.98 Å². The highest BCUT2D eigenvalue weighted by atomic mass is 14.9. The number of aromatic amines is 1. The number of fused-ring (bicyclic) bond motifs is 1. The molecule has 0 saturated heterocycles. The fourth-order valence-corrected chi connectivity index (χ4v) is 3.06. The molecule has 0 radical (unpaired) electrons. The first kappa shape index (κ1) is 12.7. The quantitative estimate of drug-likeness (QED) is 0.881. The lowest BCUT2D eigenvalue weighted by molar-refractivity contribution is 0.431. The second kappa shape index (κ2) is 5.33. The van der Waals surface area contributed by atoms with Crippen molar-refractivity contribution in [2.45, 2.75) is 50.9 Å². The molecule has 1 aliphatic rings. The Hall–Kier alpha value is -1.35. The summed E-state index contributed by atoms with van der Waals surface area (Å²) in [7, 11) is 0. The molecule has 3 rings (SSSR count). The van der Waals surface area contributed by atoms with Gasteiger partial charge >= 0.3 is 0 Å². The first-order chi connectivity index (χ1) is 9.28. The zero-order chi connectivity index (χ0) is 13.2. The van der Waals surface area contributed by atoms with E-state index in [2.05, 4.69) is 30.1 Å². The summed E-state index contributed by atoms with van der Waals surface area (Å²) in [6.45, 7) is 2.86. The molecule has 102 valence electrons. The Kier molecular flexibility index (Phi) is 3.56. The van der Waals surface area contributed by atoms with E-state index < -0.39 is 0 Å². The van der Waals surface area contributed by atoms with Crippen LogP contribution in [-0.2, 0) is 0 Å². The smallest absolute Gasteiger partial charge is 0.110 e. The number of nitrogens with zero attached hydrogens (tertiary/aromatic N) is 1. The molecule has 0 bridgehead atoms. The van der Waals surface area contributed by atoms with Crippen molar-refractivity contribution >= 4 is 11.0 Å². The number of rotatable bonds is 3. The third kappa shape index (κ3) is 2.52. The number of benzene rings is 1. The van der Waals surface area contributed by atoms with Gasteiger partial charge in [-0.15, -0.1) is 0 Å². The van der Waals surface area contributed by atoms with Gasteiger partial charge in [0, 0.05) is 5.92 Å². The number of hydrogen-bond donors (Lipinski definition) is 2. The van der Waals surface area contributed by atoms with Crippen molar-refractivity contribution in [1.82, 2.24) is 9.97 Å². The van der Waals surface area contributed by atoms with Crippen molar-refractivity contribution in [2.24, 2.45) is 5.73 Å². The molecule has 0 amide bonds. The van der Waals surface area contributed by atoms with Crippen LogP contribution in [0.2, 0.25) is 0 Å². The minimum absolute atomic E-state index is 0.408. The van der Waals surface area contributed by atoms with Crippen LogP contribution < -0.4 is 5.73 Å². The number of H-pyrrole nitrogens is 1. The van der Waals surface area contributed by atoms with Gasteiger partial charge in [-0.3, -0.25) is 0 Å². The molecule has 1 aromatic heterocycles. The number of hydrogen-bond acceptors (Lipinski definition) is 2. The Bertz CT molecular complexity index is 552. The predicted octanol–water partition coefficient (Wildman–Crippen LogP) is 3.67. The molecule has 3 heteroatoms. The van der Waals surface area contributed by atoms with Crippen LogP contribution in [0.3, 0.4) is 0 Å². The summed E-state index contributed by atoms with van der Waals surface area (Å²) in [6, 6.07) is 6.50. The van der Waals surface area contributed by atoms with Crippen LogP contribution in [0, 0.1) is 0 Å². The maximum absolute atomic E-state index is 5.74. The Balaban J connectivity index is 1.91. The molecule has 19 heavy (non-hydrogen) atoms. The van der Waals surface area contributed by atoms with Gasteiger partial charge in [0.25, 0.3) is 0 Å². The van der Waals surface area contributed by atoms with Crippen molar-refractivity contribution in [3.05, 3.63) is 29.6 Å². The van der Waals surface area contributed by atoms with E-state index in [1.807, 2.05) is 0 Å². The fraction of sp³-hybridized carbons (Fsp3) is 0.562. The second-order valence-electron chi connectivity index (χ2n) is 5.87. The maximum atomic E-state index is 5.74. The van der Waals surface area contributed by atoms with Gasteiger partial charge in [-0.05, 0) is 43.0 Å². The van der Waals surface area contributed by atoms with Crippen LogP contribution >= 0.6 is 0 Å². The molecule has 0 aliphatic heterocycles. The number of aromatic nitrogens is 2. The van der Waals surface area contributed by atoms with E-state index in [0.29, 0.717) is 18.4 Å². The monoisotopic (exact) mass is 257 g/mol. The first-order valence-corrected chi connectivity index (χ1v) is 7.47. The summed E-state index contributed by atoms with van der Waals surface area (Å²) in [5, 5.41) is 0. The normalized spacial score (nSPS) is 18.8. The molecule has 1 aromatic carbocycles. The van der Waals surface area contributed by atoms with Crippen LogP contribution in [-0.4, -0.2) is 16.5 Å². The summed E-state index contributed by atoms with van der Waals surface area (Å²) in [5.41, 5.74) is 9.30.